The fourth-order valence-electron chi connectivity index (χ4n) is 3.24. The van der Waals surface area contributed by atoms with E-state index in [1.54, 1.807) is 0 Å². The molecule has 0 aromatic rings. The molecule has 0 bridgehead atoms. The summed E-state index contributed by atoms with van der Waals surface area (Å²) >= 11 is 0. The van der Waals surface area contributed by atoms with Crippen LogP contribution < -0.4 is 69.3 Å². The molecule has 0 fully saturated rings. The quantitative estimate of drug-likeness (QED) is 0.141. The number of carboxylic acids is 2. The van der Waals surface area contributed by atoms with Crippen molar-refractivity contribution in [3.05, 3.63) is 11.6 Å². The molecule has 0 saturated heterocycles. The van der Waals surface area contributed by atoms with Gasteiger partial charge < -0.3 is 19.8 Å². The van der Waals surface area contributed by atoms with Gasteiger partial charge in [0.1, 0.15) is 0 Å². The summed E-state index contributed by atoms with van der Waals surface area (Å²) in [4.78, 5) is 21.2. The van der Waals surface area contributed by atoms with E-state index in [9.17, 15) is 19.8 Å². The maximum absolute atomic E-state index is 10.8. The maximum Gasteiger partial charge on any atom is 1.00 e. The molecule has 0 aromatic heterocycles. The first kappa shape index (κ1) is 33.3. The normalized spacial score (nSPS) is 10.8. The second-order valence-corrected chi connectivity index (χ2v) is 7.33. The molecular weight excluding hydrogens is 374 g/mol. The second-order valence-electron chi connectivity index (χ2n) is 7.33. The number of aliphatic carboxylic acids is 2. The van der Waals surface area contributed by atoms with Crippen molar-refractivity contribution in [2.75, 3.05) is 0 Å². The summed E-state index contributed by atoms with van der Waals surface area (Å²) in [6.45, 7) is 2.25. The molecule has 6 heteroatoms. The van der Waals surface area contributed by atoms with Crippen LogP contribution in [0, 0.1) is 0 Å². The first-order valence-corrected chi connectivity index (χ1v) is 10.7. The van der Waals surface area contributed by atoms with Crippen molar-refractivity contribution in [1.82, 2.24) is 0 Å². The number of unbranched alkanes of at least 4 members (excludes halogenated alkanes) is 15. The Balaban J connectivity index is -0.00000312. The molecule has 0 amide bonds. The first-order chi connectivity index (χ1) is 12.6. The number of carbonyl (C=O) groups is 2. The molecule has 28 heavy (non-hydrogen) atoms. The number of carbonyl (C=O) groups excluding carboxylic acids is 2. The molecule has 0 saturated carbocycles. The third kappa shape index (κ3) is 24.7. The van der Waals surface area contributed by atoms with E-state index in [-0.39, 0.29) is 71.1 Å². The summed E-state index contributed by atoms with van der Waals surface area (Å²) in [6.07, 6.45) is 21.0. The average molecular weight is 413 g/mol. The average Bonchev–Trinajstić information content (AvgIpc) is 2.59. The molecule has 4 nitrogen and oxygen atoms in total. The van der Waals surface area contributed by atoms with Gasteiger partial charge in [0, 0.05) is 0 Å². The predicted octanol–water partition coefficient (Wildman–Crippen LogP) is -1.93. The van der Waals surface area contributed by atoms with Gasteiger partial charge in [0.2, 0.25) is 0 Å². The van der Waals surface area contributed by atoms with Crippen molar-refractivity contribution in [3.8, 4) is 0 Å². The molecule has 0 atom stereocenters. The van der Waals surface area contributed by atoms with Crippen molar-refractivity contribution in [2.45, 2.75) is 116 Å². The van der Waals surface area contributed by atoms with Crippen LogP contribution in [0.4, 0.5) is 0 Å². The Bertz CT molecular complexity index is 398. The van der Waals surface area contributed by atoms with Crippen LogP contribution in [0.15, 0.2) is 11.6 Å². The van der Waals surface area contributed by atoms with Crippen LogP contribution in [0.1, 0.15) is 116 Å². The van der Waals surface area contributed by atoms with Gasteiger partial charge in [-0.2, -0.15) is 0 Å². The zero-order valence-corrected chi connectivity index (χ0v) is 22.7. The predicted molar refractivity (Wildman–Crippen MR) is 102 cm³/mol. The minimum absolute atomic E-state index is 0. The third-order valence-corrected chi connectivity index (χ3v) is 4.85. The SMILES string of the molecule is CCCCCCCCCCCCCCCCCC/C(=C\C(=O)[O-])C(=O)[O-].[Na+].[Na+]. The van der Waals surface area contributed by atoms with E-state index in [4.69, 9.17) is 0 Å². The van der Waals surface area contributed by atoms with Gasteiger partial charge in [-0.05, 0) is 24.5 Å². The summed E-state index contributed by atoms with van der Waals surface area (Å²) in [5.41, 5.74) is -0.171. The molecule has 0 spiro atoms. The fourth-order valence-corrected chi connectivity index (χ4v) is 3.24. The second kappa shape index (κ2) is 25.7. The summed E-state index contributed by atoms with van der Waals surface area (Å²) in [6, 6.07) is 0. The zero-order valence-electron chi connectivity index (χ0n) is 18.7. The summed E-state index contributed by atoms with van der Waals surface area (Å²) in [5, 5.41) is 21.2. The van der Waals surface area contributed by atoms with Gasteiger partial charge in [-0.1, -0.05) is 103 Å². The molecule has 152 valence electrons. The molecular formula is C22H38Na2O4. The van der Waals surface area contributed by atoms with E-state index in [1.165, 1.54) is 83.5 Å². The minimum Gasteiger partial charge on any atom is -0.545 e. The van der Waals surface area contributed by atoms with Gasteiger partial charge >= 0.3 is 59.1 Å². The maximum atomic E-state index is 10.8. The molecule has 0 radical (unpaired) electrons. The Hall–Kier alpha value is 0.680. The minimum atomic E-state index is -1.47. The smallest absolute Gasteiger partial charge is 0.545 e. The fraction of sp³-hybridized carbons (Fsp3) is 0.818. The van der Waals surface area contributed by atoms with E-state index in [1.807, 2.05) is 0 Å². The van der Waals surface area contributed by atoms with E-state index < -0.39 is 11.9 Å². The van der Waals surface area contributed by atoms with Gasteiger partial charge in [0.25, 0.3) is 0 Å². The van der Waals surface area contributed by atoms with Crippen molar-refractivity contribution in [2.24, 2.45) is 0 Å². The molecule has 0 aliphatic rings. The van der Waals surface area contributed by atoms with E-state index in [0.29, 0.717) is 12.5 Å². The van der Waals surface area contributed by atoms with Crippen LogP contribution in [0.3, 0.4) is 0 Å². The van der Waals surface area contributed by atoms with Gasteiger partial charge in [0.05, 0.1) is 11.9 Å². The van der Waals surface area contributed by atoms with Gasteiger partial charge in [0.15, 0.2) is 0 Å². The first-order valence-electron chi connectivity index (χ1n) is 10.7. The Morgan fingerprint density at radius 3 is 1.21 bits per heavy atom. The third-order valence-electron chi connectivity index (χ3n) is 4.85. The van der Waals surface area contributed by atoms with Crippen LogP contribution in [0.5, 0.6) is 0 Å². The Morgan fingerprint density at radius 1 is 0.607 bits per heavy atom. The summed E-state index contributed by atoms with van der Waals surface area (Å²) in [7, 11) is 0. The Labute approximate surface area is 216 Å². The monoisotopic (exact) mass is 412 g/mol. The number of hydrogen-bond acceptors (Lipinski definition) is 4. The van der Waals surface area contributed by atoms with Crippen LogP contribution in [-0.2, 0) is 9.59 Å². The van der Waals surface area contributed by atoms with Crippen molar-refractivity contribution < 1.29 is 78.9 Å². The summed E-state index contributed by atoms with van der Waals surface area (Å²) < 4.78 is 0. The zero-order chi connectivity index (χ0) is 19.5. The molecule has 0 unspecified atom stereocenters. The van der Waals surface area contributed by atoms with Gasteiger partial charge in [-0.25, -0.2) is 0 Å². The van der Waals surface area contributed by atoms with Gasteiger partial charge in [-0.15, -0.1) is 0 Å². The van der Waals surface area contributed by atoms with Crippen LogP contribution in [0.25, 0.3) is 0 Å². The number of hydrogen-bond donors (Lipinski definition) is 0. The van der Waals surface area contributed by atoms with Crippen LogP contribution in [-0.4, -0.2) is 11.9 Å². The number of carboxylic acid groups (broad SMARTS) is 2. The Kier molecular flexibility index (Phi) is 30.6. The molecule has 0 aliphatic heterocycles. The number of rotatable bonds is 19. The standard InChI is InChI=1S/C22H40O4.2Na/c1-2-3-4-5-6-7-8-9-10-11-12-13-14-15-16-17-18-20(22(25)26)19-21(23)24;;/h19H,2-18H2,1H3,(H,23,24)(H,25,26);;/q;2*+1/p-2/b20-19+;;. The van der Waals surface area contributed by atoms with Crippen LogP contribution >= 0.6 is 0 Å². The van der Waals surface area contributed by atoms with Crippen molar-refractivity contribution in [1.29, 1.82) is 0 Å². The van der Waals surface area contributed by atoms with Crippen molar-refractivity contribution in [3.63, 3.8) is 0 Å². The van der Waals surface area contributed by atoms with Crippen molar-refractivity contribution >= 4 is 11.9 Å². The van der Waals surface area contributed by atoms with E-state index >= 15 is 0 Å². The molecule has 0 aliphatic carbocycles. The Morgan fingerprint density at radius 2 is 0.929 bits per heavy atom. The summed E-state index contributed by atoms with van der Waals surface area (Å²) in [5.74, 6) is -2.88. The van der Waals surface area contributed by atoms with E-state index in [2.05, 4.69) is 6.92 Å². The van der Waals surface area contributed by atoms with E-state index in [0.717, 1.165) is 12.8 Å². The molecule has 0 heterocycles. The largest absolute Gasteiger partial charge is 1.00 e. The molecule has 0 rings (SSSR count). The molecule has 0 aromatic carbocycles. The topological polar surface area (TPSA) is 80.3 Å². The van der Waals surface area contributed by atoms with Gasteiger partial charge in [-0.3, -0.25) is 0 Å². The molecule has 0 N–H and O–H groups in total. The van der Waals surface area contributed by atoms with Crippen LogP contribution in [0.2, 0.25) is 0 Å².